The first-order chi connectivity index (χ1) is 24.3. The van der Waals surface area contributed by atoms with Crippen molar-refractivity contribution in [1.82, 2.24) is 0 Å². The average molecular weight is 688 g/mol. The molecule has 7 heteroatoms. The van der Waals surface area contributed by atoms with Gasteiger partial charge in [-0.3, -0.25) is 0 Å². The van der Waals surface area contributed by atoms with E-state index in [2.05, 4.69) is 130 Å². The Balaban J connectivity index is 1.37. The van der Waals surface area contributed by atoms with Gasteiger partial charge in [-0.05, 0) is 43.4 Å². The smallest absolute Gasteiger partial charge is 0.261 e. The second kappa shape index (κ2) is 16.4. The molecule has 1 saturated heterocycles. The number of fused-ring (bicyclic) bond motifs is 1. The zero-order valence-corrected chi connectivity index (χ0v) is 30.3. The lowest BCUT2D eigenvalue weighted by Crippen LogP contribution is -2.69. The molecule has 1 fully saturated rings. The van der Waals surface area contributed by atoms with E-state index in [0.29, 0.717) is 13.2 Å². The molecule has 6 nitrogen and oxygen atoms in total. The Morgan fingerprint density at radius 1 is 0.680 bits per heavy atom. The van der Waals surface area contributed by atoms with Gasteiger partial charge in [-0.2, -0.15) is 0 Å². The fourth-order valence-corrected chi connectivity index (χ4v) is 11.6. The van der Waals surface area contributed by atoms with Crippen LogP contribution in [0, 0.1) is 0 Å². The monoisotopic (exact) mass is 687 g/mol. The van der Waals surface area contributed by atoms with Crippen molar-refractivity contribution in [1.29, 1.82) is 0 Å². The van der Waals surface area contributed by atoms with E-state index < -0.39 is 39.0 Å². The van der Waals surface area contributed by atoms with Crippen LogP contribution >= 0.6 is 0 Å². The van der Waals surface area contributed by atoms with E-state index in [-0.39, 0.29) is 18.3 Å². The van der Waals surface area contributed by atoms with Crippen LogP contribution < -0.4 is 16.1 Å². The first-order valence-electron chi connectivity index (χ1n) is 17.4. The van der Waals surface area contributed by atoms with Crippen LogP contribution in [-0.2, 0) is 36.6 Å². The summed E-state index contributed by atoms with van der Waals surface area (Å²) in [6.45, 7) is 11.9. The SMILES string of the molecule is C=CCO[C@@H]1O[C@@H](CO[Si](c2ccccc2)(c2ccccc2)C(C)(C)C)[C@H](OCc2ccc3ccccc3c2)[C@H](OCc2ccccc2)[C@H]1N. The van der Waals surface area contributed by atoms with Crippen molar-refractivity contribution in [2.75, 3.05) is 13.2 Å². The summed E-state index contributed by atoms with van der Waals surface area (Å²) in [5.41, 5.74) is 9.03. The van der Waals surface area contributed by atoms with Crippen molar-refractivity contribution in [2.24, 2.45) is 5.73 Å². The molecule has 2 N–H and O–H groups in total. The van der Waals surface area contributed by atoms with Crippen LogP contribution in [0.3, 0.4) is 0 Å². The molecule has 0 amide bonds. The van der Waals surface area contributed by atoms with Gasteiger partial charge in [0.1, 0.15) is 18.3 Å². The first kappa shape index (κ1) is 35.9. The van der Waals surface area contributed by atoms with Crippen LogP contribution in [0.15, 0.2) is 146 Å². The normalized spacial score (nSPS) is 21.2. The highest BCUT2D eigenvalue weighted by Gasteiger charge is 2.53. The van der Waals surface area contributed by atoms with Gasteiger partial charge in [-0.1, -0.05) is 154 Å². The van der Waals surface area contributed by atoms with Gasteiger partial charge in [0, 0.05) is 0 Å². The summed E-state index contributed by atoms with van der Waals surface area (Å²) in [4.78, 5) is 0. The molecule has 0 aromatic heterocycles. The van der Waals surface area contributed by atoms with Gasteiger partial charge in [0.2, 0.25) is 0 Å². The lowest BCUT2D eigenvalue weighted by Gasteiger charge is -2.47. The Morgan fingerprint density at radius 2 is 1.24 bits per heavy atom. The molecule has 6 rings (SSSR count). The zero-order valence-electron chi connectivity index (χ0n) is 29.3. The molecule has 0 bridgehead atoms. The number of hydrogen-bond donors (Lipinski definition) is 1. The highest BCUT2D eigenvalue weighted by atomic mass is 28.4. The molecule has 5 atom stereocenters. The Hall–Kier alpha value is -3.92. The maximum absolute atomic E-state index is 7.41. The van der Waals surface area contributed by atoms with Crippen molar-refractivity contribution >= 4 is 29.5 Å². The average Bonchev–Trinajstić information content (AvgIpc) is 3.14. The van der Waals surface area contributed by atoms with Crippen LogP contribution in [0.4, 0.5) is 0 Å². The van der Waals surface area contributed by atoms with Crippen LogP contribution in [0.5, 0.6) is 0 Å². The third kappa shape index (κ3) is 8.01. The van der Waals surface area contributed by atoms with E-state index in [4.69, 9.17) is 29.1 Å². The molecule has 0 spiro atoms. The maximum Gasteiger partial charge on any atom is 0.261 e. The summed E-state index contributed by atoms with van der Waals surface area (Å²) < 4.78 is 33.8. The summed E-state index contributed by atoms with van der Waals surface area (Å²) >= 11 is 0. The van der Waals surface area contributed by atoms with Crippen LogP contribution in [0.1, 0.15) is 31.9 Å². The molecule has 0 radical (unpaired) electrons. The van der Waals surface area contributed by atoms with Gasteiger partial charge in [0.05, 0.1) is 32.5 Å². The molecule has 50 heavy (non-hydrogen) atoms. The maximum atomic E-state index is 7.41. The summed E-state index contributed by atoms with van der Waals surface area (Å²) in [5.74, 6) is 0. The zero-order chi connectivity index (χ0) is 35.0. The molecular formula is C43H49NO5Si. The van der Waals surface area contributed by atoms with Crippen molar-refractivity contribution in [3.05, 3.63) is 157 Å². The van der Waals surface area contributed by atoms with E-state index in [1.54, 1.807) is 6.08 Å². The van der Waals surface area contributed by atoms with E-state index >= 15 is 0 Å². The quantitative estimate of drug-likeness (QED) is 0.0989. The predicted molar refractivity (Wildman–Crippen MR) is 204 cm³/mol. The molecule has 5 aromatic rings. The summed E-state index contributed by atoms with van der Waals surface area (Å²) in [5, 5.41) is 4.51. The third-order valence-corrected chi connectivity index (χ3v) is 14.5. The van der Waals surface area contributed by atoms with Crippen LogP contribution in [-0.4, -0.2) is 52.2 Å². The molecule has 0 unspecified atom stereocenters. The predicted octanol–water partition coefficient (Wildman–Crippen LogP) is 7.14. The highest BCUT2D eigenvalue weighted by molar-refractivity contribution is 6.99. The van der Waals surface area contributed by atoms with Crippen molar-refractivity contribution in [3.63, 3.8) is 0 Å². The highest BCUT2D eigenvalue weighted by Crippen LogP contribution is 2.38. The minimum atomic E-state index is -2.90. The van der Waals surface area contributed by atoms with E-state index in [1.807, 2.05) is 30.3 Å². The Labute approximate surface area is 297 Å². The Bertz CT molecular complexity index is 1760. The molecule has 5 aromatic carbocycles. The lowest BCUT2D eigenvalue weighted by molar-refractivity contribution is -0.280. The van der Waals surface area contributed by atoms with Gasteiger partial charge in [-0.15, -0.1) is 6.58 Å². The van der Waals surface area contributed by atoms with E-state index in [9.17, 15) is 0 Å². The standard InChI is InChI=1S/C43H49NO5Si/c1-5-27-45-42-39(44)41(47-29-32-17-9-6-10-18-32)40(46-30-33-25-26-34-19-15-16-20-35(34)28-33)38(49-42)31-48-50(43(2,3)4,36-21-11-7-12-22-36)37-23-13-8-14-24-37/h5-26,28,38-42H,1,27,29-31,44H2,2-4H3/t38-,39+,40-,41+,42+/m0/s1. The molecule has 1 heterocycles. The van der Waals surface area contributed by atoms with Gasteiger partial charge >= 0.3 is 0 Å². The minimum Gasteiger partial charge on any atom is -0.405 e. The fraction of sp³-hybridized carbons (Fsp3) is 0.302. The minimum absolute atomic E-state index is 0.218. The third-order valence-electron chi connectivity index (χ3n) is 9.49. The summed E-state index contributed by atoms with van der Waals surface area (Å²) in [7, 11) is -2.90. The van der Waals surface area contributed by atoms with E-state index in [0.717, 1.165) is 16.5 Å². The number of hydrogen-bond acceptors (Lipinski definition) is 6. The molecule has 0 saturated carbocycles. The number of benzene rings is 5. The topological polar surface area (TPSA) is 72.2 Å². The van der Waals surface area contributed by atoms with Crippen molar-refractivity contribution in [3.8, 4) is 0 Å². The van der Waals surface area contributed by atoms with Gasteiger partial charge in [0.25, 0.3) is 8.32 Å². The molecule has 260 valence electrons. The Kier molecular flexibility index (Phi) is 11.8. The van der Waals surface area contributed by atoms with Gasteiger partial charge in [-0.25, -0.2) is 0 Å². The van der Waals surface area contributed by atoms with Crippen molar-refractivity contribution < 1.29 is 23.4 Å². The van der Waals surface area contributed by atoms with Crippen LogP contribution in [0.2, 0.25) is 5.04 Å². The van der Waals surface area contributed by atoms with Gasteiger partial charge in [0.15, 0.2) is 6.29 Å². The number of nitrogens with two attached hydrogens (primary N) is 1. The second-order valence-corrected chi connectivity index (χ2v) is 18.2. The van der Waals surface area contributed by atoms with Crippen LogP contribution in [0.25, 0.3) is 10.8 Å². The lowest BCUT2D eigenvalue weighted by atomic mass is 9.96. The Morgan fingerprint density at radius 3 is 1.86 bits per heavy atom. The summed E-state index contributed by atoms with van der Waals surface area (Å²) in [6, 6.07) is 45.5. The summed E-state index contributed by atoms with van der Waals surface area (Å²) in [6.07, 6.45) is -0.699. The number of rotatable bonds is 14. The second-order valence-electron chi connectivity index (χ2n) is 13.9. The largest absolute Gasteiger partial charge is 0.405 e. The van der Waals surface area contributed by atoms with Crippen molar-refractivity contribution in [2.45, 2.75) is 69.7 Å². The van der Waals surface area contributed by atoms with Gasteiger partial charge < -0.3 is 29.1 Å². The molecular weight excluding hydrogens is 639 g/mol. The molecule has 1 aliphatic rings. The fourth-order valence-electron chi connectivity index (χ4n) is 7.04. The first-order valence-corrected chi connectivity index (χ1v) is 19.3. The number of ether oxygens (including phenoxy) is 4. The van der Waals surface area contributed by atoms with E-state index in [1.165, 1.54) is 15.8 Å². The molecule has 1 aliphatic heterocycles. The molecule has 0 aliphatic carbocycles.